The first-order valence-corrected chi connectivity index (χ1v) is 5.68. The Balaban J connectivity index is 2.03. The number of amides is 1. The average Bonchev–Trinajstić information content (AvgIpc) is 2.53. The number of carbonyl (C=O) groups excluding carboxylic acids is 1. The lowest BCUT2D eigenvalue weighted by molar-refractivity contribution is -0.126. The number of nitrogens with zero attached hydrogens (tertiary/aromatic N) is 2. The Morgan fingerprint density at radius 1 is 1.60 bits per heavy atom. The van der Waals surface area contributed by atoms with Crippen LogP contribution in [0.3, 0.4) is 0 Å². The largest absolute Gasteiger partial charge is 0.397 e. The van der Waals surface area contributed by atoms with Crippen molar-refractivity contribution in [2.75, 3.05) is 19.3 Å². The number of carbonyl (C=O) groups is 1. The number of hydrogen-bond acceptors (Lipinski definition) is 4. The second-order valence-corrected chi connectivity index (χ2v) is 4.81. The lowest BCUT2D eigenvalue weighted by atomic mass is 10.4. The molecule has 2 rings (SSSR count). The van der Waals surface area contributed by atoms with E-state index < -0.39 is 0 Å². The molecule has 1 aliphatic heterocycles. The van der Waals surface area contributed by atoms with Crippen molar-refractivity contribution in [3.63, 3.8) is 0 Å². The molecule has 0 aliphatic carbocycles. The number of aromatic nitrogens is 1. The van der Waals surface area contributed by atoms with Crippen molar-refractivity contribution < 1.29 is 4.79 Å². The van der Waals surface area contributed by atoms with Crippen LogP contribution in [0.4, 0.5) is 5.69 Å². The Hall–Kier alpha value is -1.23. The molecule has 1 fully saturated rings. The summed E-state index contributed by atoms with van der Waals surface area (Å²) < 4.78 is 0. The van der Waals surface area contributed by atoms with Gasteiger partial charge in [-0.15, -0.1) is 0 Å². The monoisotopic (exact) mass is 223 g/mol. The fourth-order valence-corrected chi connectivity index (χ4v) is 2.56. The molecular formula is C10H13N3OS. The van der Waals surface area contributed by atoms with E-state index in [1.807, 2.05) is 13.1 Å². The lowest BCUT2D eigenvalue weighted by Crippen LogP contribution is -2.23. The van der Waals surface area contributed by atoms with Gasteiger partial charge in [-0.05, 0) is 18.6 Å². The van der Waals surface area contributed by atoms with Gasteiger partial charge in [0.1, 0.15) is 0 Å². The van der Waals surface area contributed by atoms with E-state index in [1.54, 1.807) is 17.2 Å². The lowest BCUT2D eigenvalue weighted by Gasteiger charge is -2.09. The number of hydrogen-bond donors (Lipinski definition) is 1. The van der Waals surface area contributed by atoms with Gasteiger partial charge in [0.2, 0.25) is 5.91 Å². The van der Waals surface area contributed by atoms with Crippen molar-refractivity contribution in [3.05, 3.63) is 18.3 Å². The zero-order valence-electron chi connectivity index (χ0n) is 8.51. The van der Waals surface area contributed by atoms with Crippen LogP contribution in [0.1, 0.15) is 6.42 Å². The summed E-state index contributed by atoms with van der Waals surface area (Å²) in [4.78, 5) is 17.6. The average molecular weight is 223 g/mol. The van der Waals surface area contributed by atoms with Crippen molar-refractivity contribution >= 4 is 23.4 Å². The summed E-state index contributed by atoms with van der Waals surface area (Å²) in [5, 5.41) is 0.879. The SMILES string of the molecule is CN1CCC(Sc2ccc(N)cn2)C1=O. The third kappa shape index (κ3) is 2.23. The second kappa shape index (κ2) is 4.10. The molecule has 5 heteroatoms. The third-order valence-electron chi connectivity index (χ3n) is 2.40. The molecule has 1 aromatic heterocycles. The Kier molecular flexibility index (Phi) is 2.81. The van der Waals surface area contributed by atoms with Crippen LogP contribution in [-0.2, 0) is 4.79 Å². The molecule has 2 heterocycles. The third-order valence-corrected chi connectivity index (χ3v) is 3.61. The molecule has 0 bridgehead atoms. The molecule has 0 saturated carbocycles. The maximum Gasteiger partial charge on any atom is 0.235 e. The molecule has 4 nitrogen and oxygen atoms in total. The van der Waals surface area contributed by atoms with Gasteiger partial charge in [-0.25, -0.2) is 4.98 Å². The van der Waals surface area contributed by atoms with Crippen molar-refractivity contribution in [2.45, 2.75) is 16.7 Å². The van der Waals surface area contributed by atoms with Gasteiger partial charge < -0.3 is 10.6 Å². The smallest absolute Gasteiger partial charge is 0.235 e. The minimum absolute atomic E-state index is 0.0196. The number of anilines is 1. The molecule has 1 atom stereocenters. The molecule has 15 heavy (non-hydrogen) atoms. The van der Waals surface area contributed by atoms with E-state index in [4.69, 9.17) is 5.73 Å². The van der Waals surface area contributed by atoms with Crippen LogP contribution in [-0.4, -0.2) is 34.6 Å². The quantitative estimate of drug-likeness (QED) is 0.812. The summed E-state index contributed by atoms with van der Waals surface area (Å²) in [6.07, 6.45) is 2.51. The fourth-order valence-electron chi connectivity index (χ4n) is 1.51. The molecule has 0 radical (unpaired) electrons. The van der Waals surface area contributed by atoms with Gasteiger partial charge in [-0.3, -0.25) is 4.79 Å². The van der Waals surface area contributed by atoms with Crippen molar-refractivity contribution in [2.24, 2.45) is 0 Å². The Morgan fingerprint density at radius 2 is 2.40 bits per heavy atom. The Morgan fingerprint density at radius 3 is 2.93 bits per heavy atom. The molecular weight excluding hydrogens is 210 g/mol. The van der Waals surface area contributed by atoms with Gasteiger partial charge in [0.15, 0.2) is 0 Å². The van der Waals surface area contributed by atoms with Crippen LogP contribution in [0.2, 0.25) is 0 Å². The summed E-state index contributed by atoms with van der Waals surface area (Å²) in [6.45, 7) is 0.839. The molecule has 1 amide bonds. The van der Waals surface area contributed by atoms with E-state index >= 15 is 0 Å². The van der Waals surface area contributed by atoms with Gasteiger partial charge in [0.25, 0.3) is 0 Å². The normalized spacial score (nSPS) is 21.0. The minimum atomic E-state index is 0.0196. The van der Waals surface area contributed by atoms with Crippen LogP contribution in [0.5, 0.6) is 0 Å². The highest BCUT2D eigenvalue weighted by Gasteiger charge is 2.29. The standard InChI is InChI=1S/C10H13N3OS/c1-13-5-4-8(10(13)14)15-9-3-2-7(11)6-12-9/h2-3,6,8H,4-5,11H2,1H3. The molecule has 1 unspecified atom stereocenters. The maximum atomic E-state index is 11.6. The van der Waals surface area contributed by atoms with Gasteiger partial charge in [0.05, 0.1) is 22.2 Å². The molecule has 1 aliphatic rings. The number of thioether (sulfide) groups is 1. The maximum absolute atomic E-state index is 11.6. The van der Waals surface area contributed by atoms with Crippen LogP contribution in [0, 0.1) is 0 Å². The molecule has 0 spiro atoms. The van der Waals surface area contributed by atoms with Crippen LogP contribution < -0.4 is 5.73 Å². The van der Waals surface area contributed by atoms with Crippen LogP contribution in [0.25, 0.3) is 0 Å². The number of nitrogens with two attached hydrogens (primary N) is 1. The van der Waals surface area contributed by atoms with E-state index in [9.17, 15) is 4.79 Å². The minimum Gasteiger partial charge on any atom is -0.397 e. The topological polar surface area (TPSA) is 59.2 Å². The summed E-state index contributed by atoms with van der Waals surface area (Å²) in [5.41, 5.74) is 6.18. The second-order valence-electron chi connectivity index (χ2n) is 3.58. The Bertz CT molecular complexity index is 365. The van der Waals surface area contributed by atoms with Crippen molar-refractivity contribution in [1.82, 2.24) is 9.88 Å². The first-order chi connectivity index (χ1) is 7.16. The van der Waals surface area contributed by atoms with Crippen LogP contribution >= 0.6 is 11.8 Å². The van der Waals surface area contributed by atoms with Crippen molar-refractivity contribution in [3.8, 4) is 0 Å². The number of pyridine rings is 1. The predicted octanol–water partition coefficient (Wildman–Crippen LogP) is 0.987. The number of nitrogen functional groups attached to an aromatic ring is 1. The highest BCUT2D eigenvalue weighted by molar-refractivity contribution is 8.00. The summed E-state index contributed by atoms with van der Waals surface area (Å²) in [6, 6.07) is 3.66. The van der Waals surface area contributed by atoms with Crippen molar-refractivity contribution in [1.29, 1.82) is 0 Å². The van der Waals surface area contributed by atoms with E-state index in [0.29, 0.717) is 5.69 Å². The molecule has 1 saturated heterocycles. The molecule has 0 aromatic carbocycles. The molecule has 80 valence electrons. The van der Waals surface area contributed by atoms with E-state index in [1.165, 1.54) is 11.8 Å². The Labute approximate surface area is 92.9 Å². The first kappa shape index (κ1) is 10.3. The predicted molar refractivity (Wildman–Crippen MR) is 60.5 cm³/mol. The highest BCUT2D eigenvalue weighted by atomic mass is 32.2. The fraction of sp³-hybridized carbons (Fsp3) is 0.400. The molecule has 1 aromatic rings. The zero-order valence-corrected chi connectivity index (χ0v) is 9.33. The van der Waals surface area contributed by atoms with Gasteiger partial charge >= 0.3 is 0 Å². The number of rotatable bonds is 2. The van der Waals surface area contributed by atoms with E-state index in [-0.39, 0.29) is 11.2 Å². The zero-order chi connectivity index (χ0) is 10.8. The van der Waals surface area contributed by atoms with Gasteiger partial charge in [0, 0.05) is 13.6 Å². The van der Waals surface area contributed by atoms with Gasteiger partial charge in [-0.2, -0.15) is 0 Å². The summed E-state index contributed by atoms with van der Waals surface area (Å²) >= 11 is 1.51. The molecule has 2 N–H and O–H groups in total. The van der Waals surface area contributed by atoms with Crippen LogP contribution in [0.15, 0.2) is 23.4 Å². The first-order valence-electron chi connectivity index (χ1n) is 4.80. The van der Waals surface area contributed by atoms with E-state index in [2.05, 4.69) is 4.98 Å². The number of likely N-dealkylation sites (tertiary alicyclic amines) is 1. The summed E-state index contributed by atoms with van der Waals surface area (Å²) in [5.74, 6) is 0.193. The van der Waals surface area contributed by atoms with E-state index in [0.717, 1.165) is 18.0 Å². The highest BCUT2D eigenvalue weighted by Crippen LogP contribution is 2.28. The van der Waals surface area contributed by atoms with Gasteiger partial charge in [-0.1, -0.05) is 11.8 Å². The summed E-state index contributed by atoms with van der Waals surface area (Å²) in [7, 11) is 1.83.